The Morgan fingerprint density at radius 3 is 2.64 bits per heavy atom. The van der Waals surface area contributed by atoms with Crippen LogP contribution in [0.25, 0.3) is 0 Å². The third kappa shape index (κ3) is 2.62. The largest absolute Gasteiger partial charge is 0.468 e. The lowest BCUT2D eigenvalue weighted by molar-refractivity contribution is -0.156. The SMILES string of the molecule is COC(=O)C1(c2cc(Cl)c3c(c2)C(=O)N(C2CCC(=O)N(CO)C2=O)C3)CC1. The molecule has 0 bridgehead atoms. The molecule has 0 spiro atoms. The highest BCUT2D eigenvalue weighted by atomic mass is 35.5. The van der Waals surface area contributed by atoms with Gasteiger partial charge in [-0.25, -0.2) is 0 Å². The number of piperidine rings is 1. The Morgan fingerprint density at radius 2 is 2.04 bits per heavy atom. The lowest BCUT2D eigenvalue weighted by atomic mass is 9.93. The molecule has 1 atom stereocenters. The maximum atomic E-state index is 13.0. The number of methoxy groups -OCH3 is 1. The van der Waals surface area contributed by atoms with E-state index in [2.05, 4.69) is 0 Å². The van der Waals surface area contributed by atoms with Crippen LogP contribution in [-0.2, 0) is 31.1 Å². The van der Waals surface area contributed by atoms with Gasteiger partial charge in [-0.3, -0.25) is 24.1 Å². The first-order valence-corrected chi connectivity index (χ1v) is 9.39. The number of halogens is 1. The first kappa shape index (κ1) is 18.9. The molecule has 1 saturated heterocycles. The van der Waals surface area contributed by atoms with Gasteiger partial charge in [0.05, 0.1) is 12.5 Å². The van der Waals surface area contributed by atoms with Gasteiger partial charge in [0.15, 0.2) is 0 Å². The Kier molecular flexibility index (Phi) is 4.43. The molecule has 2 fully saturated rings. The fourth-order valence-electron chi connectivity index (χ4n) is 4.10. The highest BCUT2D eigenvalue weighted by Crippen LogP contribution is 2.51. The fourth-order valence-corrected chi connectivity index (χ4v) is 4.38. The number of aliphatic hydroxyl groups is 1. The Hall–Kier alpha value is -2.45. The minimum absolute atomic E-state index is 0.0710. The molecule has 2 aliphatic heterocycles. The van der Waals surface area contributed by atoms with E-state index in [0.29, 0.717) is 34.6 Å². The molecule has 0 radical (unpaired) electrons. The summed E-state index contributed by atoms with van der Waals surface area (Å²) in [6, 6.07) is 2.52. The van der Waals surface area contributed by atoms with Crippen LogP contribution < -0.4 is 0 Å². The number of imide groups is 1. The molecule has 1 aromatic carbocycles. The zero-order valence-electron chi connectivity index (χ0n) is 15.2. The number of carbonyl (C=O) groups is 4. The number of benzene rings is 1. The van der Waals surface area contributed by atoms with Gasteiger partial charge in [-0.2, -0.15) is 0 Å². The van der Waals surface area contributed by atoms with Crippen molar-refractivity contribution in [1.29, 1.82) is 0 Å². The second kappa shape index (κ2) is 6.56. The van der Waals surface area contributed by atoms with Crippen molar-refractivity contribution >= 4 is 35.3 Å². The van der Waals surface area contributed by atoms with E-state index in [0.717, 1.165) is 4.90 Å². The van der Waals surface area contributed by atoms with Crippen LogP contribution in [0.4, 0.5) is 0 Å². The summed E-state index contributed by atoms with van der Waals surface area (Å²) >= 11 is 6.42. The molecule has 4 rings (SSSR count). The summed E-state index contributed by atoms with van der Waals surface area (Å²) in [5.74, 6) is -1.78. The molecule has 1 aromatic rings. The van der Waals surface area contributed by atoms with E-state index >= 15 is 0 Å². The Bertz CT molecular complexity index is 910. The van der Waals surface area contributed by atoms with Crippen molar-refractivity contribution in [3.05, 3.63) is 33.8 Å². The summed E-state index contributed by atoms with van der Waals surface area (Å²) in [5, 5.41) is 9.66. The summed E-state index contributed by atoms with van der Waals surface area (Å²) in [4.78, 5) is 51.7. The van der Waals surface area contributed by atoms with Gasteiger partial charge in [0, 0.05) is 29.1 Å². The molecule has 9 heteroatoms. The number of ether oxygens (including phenoxy) is 1. The number of aliphatic hydroxyl groups excluding tert-OH is 1. The zero-order valence-corrected chi connectivity index (χ0v) is 16.0. The van der Waals surface area contributed by atoms with E-state index in [4.69, 9.17) is 16.3 Å². The van der Waals surface area contributed by atoms with Gasteiger partial charge in [-0.05, 0) is 37.0 Å². The number of carbonyl (C=O) groups excluding carboxylic acids is 4. The minimum atomic E-state index is -0.834. The number of nitrogens with zero attached hydrogens (tertiary/aromatic N) is 2. The number of esters is 1. The summed E-state index contributed by atoms with van der Waals surface area (Å²) in [6.07, 6.45) is 1.52. The predicted molar refractivity (Wildman–Crippen MR) is 96.2 cm³/mol. The van der Waals surface area contributed by atoms with E-state index in [1.807, 2.05) is 0 Å². The van der Waals surface area contributed by atoms with Crippen molar-refractivity contribution in [1.82, 2.24) is 9.80 Å². The van der Waals surface area contributed by atoms with E-state index in [9.17, 15) is 24.3 Å². The van der Waals surface area contributed by atoms with E-state index in [-0.39, 0.29) is 31.3 Å². The normalized spacial score (nSPS) is 23.1. The standard InChI is InChI=1S/C19H19ClN2O6/c1-28-18(27)19(4-5-19)10-6-11-12(13(20)7-10)8-21(16(11)25)14-2-3-15(24)22(9-23)17(14)26/h6-7,14,23H,2-5,8-9H2,1H3. The quantitative estimate of drug-likeness (QED) is 0.590. The average molecular weight is 407 g/mol. The highest BCUT2D eigenvalue weighted by Gasteiger charge is 2.53. The maximum absolute atomic E-state index is 13.0. The topological polar surface area (TPSA) is 104 Å². The van der Waals surface area contributed by atoms with Crippen LogP contribution >= 0.6 is 11.6 Å². The van der Waals surface area contributed by atoms with Crippen LogP contribution in [0.15, 0.2) is 12.1 Å². The number of fused-ring (bicyclic) bond motifs is 1. The van der Waals surface area contributed by atoms with Crippen LogP contribution in [0.1, 0.15) is 47.2 Å². The van der Waals surface area contributed by atoms with Crippen LogP contribution in [0.3, 0.4) is 0 Å². The van der Waals surface area contributed by atoms with Gasteiger partial charge in [0.1, 0.15) is 12.8 Å². The molecule has 148 valence electrons. The van der Waals surface area contributed by atoms with Crippen molar-refractivity contribution in [3.8, 4) is 0 Å². The van der Waals surface area contributed by atoms with Crippen LogP contribution in [0, 0.1) is 0 Å². The molecular formula is C19H19ClN2O6. The average Bonchev–Trinajstić information content (AvgIpc) is 3.42. The number of rotatable bonds is 4. The maximum Gasteiger partial charge on any atom is 0.316 e. The molecule has 8 nitrogen and oxygen atoms in total. The molecule has 0 aromatic heterocycles. The van der Waals surface area contributed by atoms with Crippen molar-refractivity contribution in [2.24, 2.45) is 0 Å². The lowest BCUT2D eigenvalue weighted by Gasteiger charge is -2.34. The molecule has 1 unspecified atom stereocenters. The molecule has 2 heterocycles. The first-order chi connectivity index (χ1) is 13.3. The van der Waals surface area contributed by atoms with Gasteiger partial charge < -0.3 is 14.7 Å². The Balaban J connectivity index is 1.66. The third-order valence-electron chi connectivity index (χ3n) is 5.90. The summed E-state index contributed by atoms with van der Waals surface area (Å²) in [7, 11) is 1.33. The highest BCUT2D eigenvalue weighted by molar-refractivity contribution is 6.32. The minimum Gasteiger partial charge on any atom is -0.468 e. The van der Waals surface area contributed by atoms with E-state index < -0.39 is 30.0 Å². The van der Waals surface area contributed by atoms with E-state index in [1.165, 1.54) is 12.0 Å². The summed E-state index contributed by atoms with van der Waals surface area (Å²) in [6.45, 7) is -0.571. The molecular weight excluding hydrogens is 388 g/mol. The molecule has 28 heavy (non-hydrogen) atoms. The number of hydrogen-bond acceptors (Lipinski definition) is 6. The summed E-state index contributed by atoms with van der Waals surface area (Å²) in [5.41, 5.74) is 0.830. The van der Waals surface area contributed by atoms with E-state index in [1.54, 1.807) is 12.1 Å². The van der Waals surface area contributed by atoms with Crippen LogP contribution in [0.2, 0.25) is 5.02 Å². The predicted octanol–water partition coefficient (Wildman–Crippen LogP) is 0.968. The van der Waals surface area contributed by atoms with Crippen LogP contribution in [-0.4, -0.2) is 58.5 Å². The van der Waals surface area contributed by atoms with Gasteiger partial charge in [0.2, 0.25) is 5.91 Å². The molecule has 1 saturated carbocycles. The van der Waals surface area contributed by atoms with Gasteiger partial charge in [0.25, 0.3) is 11.8 Å². The molecule has 1 aliphatic carbocycles. The lowest BCUT2D eigenvalue weighted by Crippen LogP contribution is -2.54. The van der Waals surface area contributed by atoms with Crippen molar-refractivity contribution in [2.75, 3.05) is 13.8 Å². The fraction of sp³-hybridized carbons (Fsp3) is 0.474. The Morgan fingerprint density at radius 1 is 1.32 bits per heavy atom. The van der Waals surface area contributed by atoms with Gasteiger partial charge >= 0.3 is 5.97 Å². The smallest absolute Gasteiger partial charge is 0.316 e. The van der Waals surface area contributed by atoms with Gasteiger partial charge in [-0.15, -0.1) is 0 Å². The summed E-state index contributed by atoms with van der Waals surface area (Å²) < 4.78 is 4.90. The van der Waals surface area contributed by atoms with Gasteiger partial charge in [-0.1, -0.05) is 11.6 Å². The Labute approximate surface area is 166 Å². The van der Waals surface area contributed by atoms with Crippen molar-refractivity contribution in [2.45, 2.75) is 43.7 Å². The van der Waals surface area contributed by atoms with Crippen molar-refractivity contribution in [3.63, 3.8) is 0 Å². The number of amides is 3. The molecule has 3 amide bonds. The molecule has 3 aliphatic rings. The monoisotopic (exact) mass is 406 g/mol. The zero-order chi connectivity index (χ0) is 20.2. The first-order valence-electron chi connectivity index (χ1n) is 9.01. The van der Waals surface area contributed by atoms with Crippen LogP contribution in [0.5, 0.6) is 0 Å². The number of likely N-dealkylation sites (tertiary alicyclic amines) is 1. The van der Waals surface area contributed by atoms with Crippen molar-refractivity contribution < 1.29 is 29.0 Å². The molecule has 1 N–H and O–H groups in total. The second-order valence-corrected chi connectivity index (χ2v) is 7.75. The number of hydrogen-bond donors (Lipinski definition) is 1. The second-order valence-electron chi connectivity index (χ2n) is 7.35. The third-order valence-corrected chi connectivity index (χ3v) is 6.23.